The minimum absolute atomic E-state index is 0.0114. The summed E-state index contributed by atoms with van der Waals surface area (Å²) in [6.45, 7) is 2.47. The average molecular weight is 919 g/mol. The van der Waals surface area contributed by atoms with Gasteiger partial charge < -0.3 is 4.74 Å². The van der Waals surface area contributed by atoms with Gasteiger partial charge in [-0.05, 0) is 49.2 Å². The smallest absolute Gasteiger partial charge is 0.416 e. The zero-order chi connectivity index (χ0) is 47.1. The third-order valence-corrected chi connectivity index (χ3v) is 11.4. The summed E-state index contributed by atoms with van der Waals surface area (Å²) in [4.78, 5) is 12.3. The van der Waals surface area contributed by atoms with Crippen molar-refractivity contribution in [3.8, 4) is 16.9 Å². The summed E-state index contributed by atoms with van der Waals surface area (Å²) < 4.78 is 178. The first-order chi connectivity index (χ1) is 29.8. The second-order valence-corrected chi connectivity index (χ2v) is 17.0. The molecule has 0 bridgehead atoms. The number of carbonyl (C=O) groups is 1. The Morgan fingerprint density at radius 1 is 0.516 bits per heavy atom. The van der Waals surface area contributed by atoms with Gasteiger partial charge >= 0.3 is 24.7 Å². The van der Waals surface area contributed by atoms with Crippen LogP contribution in [0.25, 0.3) is 0 Å². The van der Waals surface area contributed by atoms with Crippen LogP contribution >= 0.6 is 0 Å². The third kappa shape index (κ3) is 12.0. The lowest BCUT2D eigenvalue weighted by molar-refractivity contribution is -0.138. The first-order valence-corrected chi connectivity index (χ1v) is 21.2. The number of Topliss-reactive ketones (excluding diaryl/α,β-unsaturated/α-hetero) is 1. The molecule has 0 aliphatic rings. The zero-order valence-corrected chi connectivity index (χ0v) is 34.4. The number of halogens is 12. The monoisotopic (exact) mass is 918 g/mol. The minimum Gasteiger partial charge on any atom is -0.494 e. The lowest BCUT2D eigenvalue weighted by Crippen LogP contribution is -2.74. The molecule has 0 fully saturated rings. The van der Waals surface area contributed by atoms with E-state index in [1.54, 1.807) is 24.3 Å². The molecule has 6 aromatic carbocycles. The SMILES string of the molecule is CCOc1ccc(C(=O)C[S+](C)(=O)C#Cc2ccccc2)cc1.FC(F)(F)c1ccc([B-](c2ccc(C(F)(F)F)cc2)(c2ccc(C(F)(F)F)cc2)c2ccc(C(F)(F)F)cc2)cc1. The van der Waals surface area contributed by atoms with E-state index in [4.69, 9.17) is 4.74 Å². The van der Waals surface area contributed by atoms with E-state index in [-0.39, 0.29) is 33.4 Å². The molecule has 1 atom stereocenters. The van der Waals surface area contributed by atoms with Crippen LogP contribution in [0.3, 0.4) is 0 Å². The Labute approximate surface area is 361 Å². The molecule has 0 aliphatic heterocycles. The Bertz CT molecular complexity index is 2380. The largest absolute Gasteiger partial charge is 0.494 e. The minimum atomic E-state index is -4.77. The van der Waals surface area contributed by atoms with Crippen molar-refractivity contribution in [1.82, 2.24) is 0 Å². The van der Waals surface area contributed by atoms with Crippen LogP contribution in [0.4, 0.5) is 52.7 Å². The van der Waals surface area contributed by atoms with Gasteiger partial charge in [0.2, 0.25) is 5.78 Å². The molecule has 1 unspecified atom stereocenters. The van der Waals surface area contributed by atoms with Crippen LogP contribution in [0, 0.1) is 11.2 Å². The molecule has 0 heterocycles. The third-order valence-electron chi connectivity index (χ3n) is 10.0. The van der Waals surface area contributed by atoms with Gasteiger partial charge in [0.1, 0.15) is 18.2 Å². The van der Waals surface area contributed by atoms with Crippen LogP contribution in [-0.4, -0.2) is 30.5 Å². The van der Waals surface area contributed by atoms with Gasteiger partial charge in [-0.1, -0.05) is 119 Å². The molecule has 0 saturated carbocycles. The van der Waals surface area contributed by atoms with Crippen molar-refractivity contribution in [3.63, 3.8) is 0 Å². The quantitative estimate of drug-likeness (QED) is 0.0477. The zero-order valence-electron chi connectivity index (χ0n) is 33.6. The number of hydrogen-bond acceptors (Lipinski definition) is 3. The van der Waals surface area contributed by atoms with E-state index < -0.39 is 63.0 Å². The summed E-state index contributed by atoms with van der Waals surface area (Å²) in [5, 5.41) is 2.74. The highest BCUT2D eigenvalue weighted by Crippen LogP contribution is 2.32. The molecule has 0 aromatic heterocycles. The van der Waals surface area contributed by atoms with Crippen molar-refractivity contribution in [2.24, 2.45) is 0 Å². The van der Waals surface area contributed by atoms with Gasteiger partial charge in [-0.3, -0.25) is 4.79 Å². The van der Waals surface area contributed by atoms with Crippen LogP contribution in [0.5, 0.6) is 5.75 Å². The Hall–Kier alpha value is -6.28. The van der Waals surface area contributed by atoms with Crippen LogP contribution in [0.2, 0.25) is 0 Å². The predicted octanol–water partition coefficient (Wildman–Crippen LogP) is 10.5. The maximum atomic E-state index is 13.3. The molecular weight excluding hydrogens is 883 g/mol. The number of alkyl halides is 12. The fraction of sp³-hybridized carbons (Fsp3) is 0.170. The number of hydrogen-bond donors (Lipinski definition) is 0. The summed E-state index contributed by atoms with van der Waals surface area (Å²) in [5.74, 6) is 3.32. The van der Waals surface area contributed by atoms with E-state index in [0.717, 1.165) is 54.1 Å². The summed E-state index contributed by atoms with van der Waals surface area (Å²) >= 11 is 0. The van der Waals surface area contributed by atoms with Crippen LogP contribution in [0.15, 0.2) is 152 Å². The maximum Gasteiger partial charge on any atom is 0.416 e. The summed E-state index contributed by atoms with van der Waals surface area (Å²) in [7, 11) is -2.54. The van der Waals surface area contributed by atoms with E-state index in [1.807, 2.05) is 37.3 Å². The molecule has 0 radical (unpaired) electrons. The second-order valence-electron chi connectivity index (χ2n) is 14.5. The summed E-state index contributed by atoms with van der Waals surface area (Å²) in [5.41, 5.74) is -2.99. The van der Waals surface area contributed by atoms with E-state index in [2.05, 4.69) is 11.2 Å². The van der Waals surface area contributed by atoms with Crippen LogP contribution < -0.4 is 26.6 Å². The predicted molar refractivity (Wildman–Crippen MR) is 224 cm³/mol. The molecular formula is C47H35BF12O3S. The molecule has 6 aromatic rings. The van der Waals surface area contributed by atoms with E-state index in [1.165, 1.54) is 6.26 Å². The van der Waals surface area contributed by atoms with Crippen LogP contribution in [0.1, 0.15) is 45.1 Å². The molecule has 3 nitrogen and oxygen atoms in total. The van der Waals surface area contributed by atoms with Crippen molar-refractivity contribution in [3.05, 3.63) is 185 Å². The first kappa shape index (κ1) is 48.8. The normalized spacial score (nSPS) is 13.1. The van der Waals surface area contributed by atoms with Gasteiger partial charge in [-0.15, -0.1) is 0 Å². The number of rotatable bonds is 9. The van der Waals surface area contributed by atoms with E-state index >= 15 is 0 Å². The van der Waals surface area contributed by atoms with Crippen molar-refractivity contribution >= 4 is 43.7 Å². The standard InChI is InChI=1S/C28H16BF12.C19H19O3S/c30-25(31,32)17-1-9-21(10-2-17)29(22-11-3-18(4-12-22)26(33,34)35,23-13-5-19(6-14-23)27(36,37)38)24-15-7-20(8-16-24)28(39,40)41;1-3-22-18-11-9-17(10-12-18)19(20)15-23(2,21)14-13-16-7-5-4-6-8-16/h1-16H;4-12H,3,15H2,1-2H3/q-1;+1. The van der Waals surface area contributed by atoms with Crippen molar-refractivity contribution in [2.75, 3.05) is 18.6 Å². The molecule has 0 amide bonds. The fourth-order valence-electron chi connectivity index (χ4n) is 6.96. The maximum absolute atomic E-state index is 13.3. The highest BCUT2D eigenvalue weighted by molar-refractivity contribution is 8.07. The molecule has 17 heteroatoms. The Morgan fingerprint density at radius 3 is 1.14 bits per heavy atom. The van der Waals surface area contributed by atoms with Gasteiger partial charge in [-0.2, -0.15) is 74.5 Å². The summed E-state index contributed by atoms with van der Waals surface area (Å²) in [6, 6.07) is 29.7. The molecule has 334 valence electrons. The Kier molecular flexibility index (Phi) is 14.6. The summed E-state index contributed by atoms with van der Waals surface area (Å²) in [6.07, 6.45) is -20.5. The molecule has 0 spiro atoms. The lowest BCUT2D eigenvalue weighted by Gasteiger charge is -2.44. The highest BCUT2D eigenvalue weighted by atomic mass is 32.2. The van der Waals surface area contributed by atoms with E-state index in [0.29, 0.717) is 66.5 Å². The number of benzene rings is 6. The topological polar surface area (TPSA) is 43.4 Å². The first-order valence-electron chi connectivity index (χ1n) is 19.0. The molecule has 0 N–H and O–H groups in total. The molecule has 0 aliphatic carbocycles. The number of carbonyl (C=O) groups excluding carboxylic acids is 1. The molecule has 64 heavy (non-hydrogen) atoms. The van der Waals surface area contributed by atoms with Gasteiger partial charge in [0.25, 0.3) is 0 Å². The Balaban J connectivity index is 0.000000283. The van der Waals surface area contributed by atoms with Gasteiger partial charge in [0.05, 0.1) is 28.9 Å². The van der Waals surface area contributed by atoms with Gasteiger partial charge in [0.15, 0.2) is 20.9 Å². The van der Waals surface area contributed by atoms with Crippen LogP contribution in [-0.2, 0) is 38.8 Å². The van der Waals surface area contributed by atoms with Gasteiger partial charge in [0, 0.05) is 11.1 Å². The number of ether oxygens (including phenoxy) is 1. The highest BCUT2D eigenvalue weighted by Gasteiger charge is 2.38. The average Bonchev–Trinajstić information content (AvgIpc) is 3.24. The number of ketones is 1. The van der Waals surface area contributed by atoms with Crippen molar-refractivity contribution in [1.29, 1.82) is 0 Å². The van der Waals surface area contributed by atoms with E-state index in [9.17, 15) is 61.7 Å². The Morgan fingerprint density at radius 2 is 0.844 bits per heavy atom. The van der Waals surface area contributed by atoms with Crippen molar-refractivity contribution < 1.29 is 66.4 Å². The fourth-order valence-corrected chi connectivity index (χ4v) is 8.03. The van der Waals surface area contributed by atoms with Crippen molar-refractivity contribution in [2.45, 2.75) is 31.6 Å². The van der Waals surface area contributed by atoms with Gasteiger partial charge in [-0.25, -0.2) is 0 Å². The molecule has 0 saturated heterocycles. The lowest BCUT2D eigenvalue weighted by atomic mass is 9.13. The second kappa shape index (κ2) is 19.2. The molecule has 6 rings (SSSR count).